The Labute approximate surface area is 228 Å². The maximum atomic E-state index is 13.5. The van der Waals surface area contributed by atoms with Crippen molar-refractivity contribution >= 4 is 40.8 Å². The number of aromatic nitrogens is 1. The van der Waals surface area contributed by atoms with E-state index in [2.05, 4.69) is 33.5 Å². The van der Waals surface area contributed by atoms with E-state index in [0.29, 0.717) is 49.4 Å². The molecule has 0 spiro atoms. The van der Waals surface area contributed by atoms with Gasteiger partial charge in [0.15, 0.2) is 0 Å². The highest BCUT2D eigenvalue weighted by Gasteiger charge is 2.30. The summed E-state index contributed by atoms with van der Waals surface area (Å²) in [5.41, 5.74) is 7.37. The van der Waals surface area contributed by atoms with Gasteiger partial charge in [-0.05, 0) is 30.7 Å². The van der Waals surface area contributed by atoms with Gasteiger partial charge in [-0.2, -0.15) is 0 Å². The van der Waals surface area contributed by atoms with Gasteiger partial charge in [-0.15, -0.1) is 0 Å². The first-order valence-corrected chi connectivity index (χ1v) is 13.2. The van der Waals surface area contributed by atoms with Gasteiger partial charge in [0.2, 0.25) is 11.8 Å². The van der Waals surface area contributed by atoms with Crippen LogP contribution in [0.4, 0.5) is 5.82 Å². The molecule has 2 aromatic rings. The van der Waals surface area contributed by atoms with E-state index in [-0.39, 0.29) is 37.2 Å². The van der Waals surface area contributed by atoms with Crippen LogP contribution in [0.5, 0.6) is 0 Å². The zero-order valence-electron chi connectivity index (χ0n) is 21.4. The quantitative estimate of drug-likeness (QED) is 0.371. The second-order valence-corrected chi connectivity index (χ2v) is 9.98. The lowest BCUT2D eigenvalue weighted by Gasteiger charge is -2.38. The van der Waals surface area contributed by atoms with E-state index >= 15 is 0 Å². The van der Waals surface area contributed by atoms with Crippen molar-refractivity contribution in [2.45, 2.75) is 38.4 Å². The molecule has 9 nitrogen and oxygen atoms in total. The van der Waals surface area contributed by atoms with Crippen molar-refractivity contribution in [3.8, 4) is 0 Å². The van der Waals surface area contributed by atoms with Crippen LogP contribution in [-0.2, 0) is 27.3 Å². The van der Waals surface area contributed by atoms with Crippen LogP contribution in [-0.4, -0.2) is 80.2 Å². The monoisotopic (exact) mass is 550 g/mol. The number of ether oxygens (including phenoxy) is 1. The third-order valence-electron chi connectivity index (χ3n) is 6.26. The Bertz CT molecular complexity index is 1050. The zero-order valence-corrected chi connectivity index (χ0v) is 22.9. The summed E-state index contributed by atoms with van der Waals surface area (Å²) in [4.78, 5) is 34.5. The number of anilines is 1. The first kappa shape index (κ1) is 29.1. The Morgan fingerprint density at radius 2 is 1.92 bits per heavy atom. The van der Waals surface area contributed by atoms with Crippen LogP contribution < -0.4 is 21.3 Å². The van der Waals surface area contributed by atoms with Gasteiger partial charge in [-0.1, -0.05) is 35.3 Å². The number of amides is 2. The number of piperazine rings is 1. The maximum Gasteiger partial charge on any atom is 0.245 e. The molecule has 0 aliphatic carbocycles. The number of carbonyl (C=O) groups excluding carboxylic acids is 2. The average molecular weight is 552 g/mol. The summed E-state index contributed by atoms with van der Waals surface area (Å²) >= 11 is 12.4. The molecule has 1 aliphatic heterocycles. The fourth-order valence-electron chi connectivity index (χ4n) is 4.31. The third-order valence-corrected chi connectivity index (χ3v) is 6.85. The molecule has 0 bridgehead atoms. The molecule has 2 atom stereocenters. The lowest BCUT2D eigenvalue weighted by molar-refractivity contribution is -0.136. The number of benzene rings is 1. The van der Waals surface area contributed by atoms with Crippen LogP contribution in [0.25, 0.3) is 0 Å². The zero-order chi connectivity index (χ0) is 26.8. The average Bonchev–Trinajstić information content (AvgIpc) is 2.89. The normalized spacial score (nSPS) is 15.4. The van der Waals surface area contributed by atoms with Crippen molar-refractivity contribution in [2.24, 2.45) is 5.73 Å². The van der Waals surface area contributed by atoms with E-state index < -0.39 is 6.04 Å². The molecule has 11 heteroatoms. The van der Waals surface area contributed by atoms with E-state index in [4.69, 9.17) is 33.7 Å². The fraction of sp³-hybridized carbons (Fsp3) is 0.500. The van der Waals surface area contributed by atoms with Crippen LogP contribution in [0, 0.1) is 0 Å². The number of nitrogens with one attached hydrogen (secondary N) is 2. The summed E-state index contributed by atoms with van der Waals surface area (Å²) in [6, 6.07) is 8.59. The Kier molecular flexibility index (Phi) is 11.4. The molecule has 202 valence electrons. The van der Waals surface area contributed by atoms with Crippen molar-refractivity contribution in [3.63, 3.8) is 0 Å². The first-order valence-electron chi connectivity index (χ1n) is 12.5. The molecule has 1 unspecified atom stereocenters. The summed E-state index contributed by atoms with van der Waals surface area (Å²) < 4.78 is 5.21. The molecule has 1 saturated heterocycles. The number of hydrogen-bond donors (Lipinski definition) is 3. The van der Waals surface area contributed by atoms with Gasteiger partial charge in [0.1, 0.15) is 11.9 Å². The fourth-order valence-corrected chi connectivity index (χ4v) is 4.80. The number of halogens is 2. The van der Waals surface area contributed by atoms with Crippen molar-refractivity contribution in [3.05, 3.63) is 57.7 Å². The summed E-state index contributed by atoms with van der Waals surface area (Å²) in [6.45, 7) is 5.87. The van der Waals surface area contributed by atoms with Gasteiger partial charge in [-0.25, -0.2) is 4.98 Å². The molecule has 2 heterocycles. The summed E-state index contributed by atoms with van der Waals surface area (Å²) in [5, 5.41) is 7.27. The Balaban J connectivity index is 1.67. The number of carbonyl (C=O) groups is 2. The summed E-state index contributed by atoms with van der Waals surface area (Å²) in [6.07, 6.45) is 2.19. The summed E-state index contributed by atoms with van der Waals surface area (Å²) in [5.74, 6) is 0.498. The molecule has 0 saturated carbocycles. The highest BCUT2D eigenvalue weighted by Crippen LogP contribution is 2.23. The minimum Gasteiger partial charge on any atom is -0.383 e. The number of rotatable bonds is 12. The molecule has 3 rings (SSSR count). The molecule has 37 heavy (non-hydrogen) atoms. The Hall–Kier alpha value is -2.43. The molecule has 4 N–H and O–H groups in total. The minimum atomic E-state index is -0.749. The summed E-state index contributed by atoms with van der Waals surface area (Å²) in [7, 11) is 1.69. The van der Waals surface area contributed by atoms with Gasteiger partial charge >= 0.3 is 0 Å². The Morgan fingerprint density at radius 1 is 1.16 bits per heavy atom. The number of methoxy groups -OCH3 is 1. The van der Waals surface area contributed by atoms with Gasteiger partial charge in [-0.3, -0.25) is 9.59 Å². The van der Waals surface area contributed by atoms with Crippen LogP contribution in [0.2, 0.25) is 10.0 Å². The van der Waals surface area contributed by atoms with E-state index in [1.807, 2.05) is 6.07 Å². The topological polar surface area (TPSA) is 113 Å². The number of nitrogens with two attached hydrogens (primary N) is 1. The van der Waals surface area contributed by atoms with Gasteiger partial charge in [0, 0.05) is 87.1 Å². The minimum absolute atomic E-state index is 0.144. The first-order chi connectivity index (χ1) is 17.8. The molecule has 1 aliphatic rings. The van der Waals surface area contributed by atoms with Gasteiger partial charge in [0.25, 0.3) is 0 Å². The second kappa shape index (κ2) is 14.5. The molecule has 1 aromatic carbocycles. The van der Waals surface area contributed by atoms with E-state index in [9.17, 15) is 9.59 Å². The smallest absolute Gasteiger partial charge is 0.245 e. The number of pyridine rings is 1. The van der Waals surface area contributed by atoms with E-state index in [1.165, 1.54) is 0 Å². The van der Waals surface area contributed by atoms with Crippen LogP contribution in [0.3, 0.4) is 0 Å². The van der Waals surface area contributed by atoms with Gasteiger partial charge < -0.3 is 30.9 Å². The van der Waals surface area contributed by atoms with E-state index in [1.54, 1.807) is 36.4 Å². The van der Waals surface area contributed by atoms with Crippen LogP contribution in [0.1, 0.15) is 24.5 Å². The van der Waals surface area contributed by atoms with Crippen molar-refractivity contribution in [1.29, 1.82) is 0 Å². The maximum absolute atomic E-state index is 13.5. The second-order valence-electron chi connectivity index (χ2n) is 9.13. The predicted octanol–water partition coefficient (Wildman–Crippen LogP) is 2.24. The highest BCUT2D eigenvalue weighted by atomic mass is 35.5. The number of hydrogen-bond acceptors (Lipinski definition) is 7. The lowest BCUT2D eigenvalue weighted by atomic mass is 10.0. The van der Waals surface area contributed by atoms with Crippen molar-refractivity contribution in [2.75, 3.05) is 51.3 Å². The van der Waals surface area contributed by atoms with Crippen molar-refractivity contribution < 1.29 is 14.3 Å². The van der Waals surface area contributed by atoms with Crippen LogP contribution >= 0.6 is 23.2 Å². The lowest BCUT2D eigenvalue weighted by Crippen LogP contribution is -2.56. The van der Waals surface area contributed by atoms with Gasteiger partial charge in [0.05, 0.1) is 6.61 Å². The molecular formula is C26H36Cl2N6O3. The Morgan fingerprint density at radius 3 is 2.59 bits per heavy atom. The van der Waals surface area contributed by atoms with Crippen LogP contribution in [0.15, 0.2) is 36.5 Å². The molecule has 1 aromatic heterocycles. The highest BCUT2D eigenvalue weighted by molar-refractivity contribution is 6.35. The number of nitrogens with zero attached hydrogens (tertiary/aromatic N) is 3. The third kappa shape index (κ3) is 8.55. The molecular weight excluding hydrogens is 515 g/mol. The SMILES string of the molecule is COCC(C)NCc1cccnc1N1CCN(C(=O)[C@@H](Cc2ccc(Cl)cc2Cl)NC(=O)CCN)CC1. The van der Waals surface area contributed by atoms with Crippen molar-refractivity contribution in [1.82, 2.24) is 20.5 Å². The standard InChI is InChI=1S/C26H36Cl2N6O3/c1-18(17-37-2)31-16-20-4-3-9-30-25(20)33-10-12-34(13-11-33)26(36)23(32-24(35)7-8-29)14-19-5-6-21(27)15-22(19)28/h3-6,9,15,18,23,31H,7-8,10-14,16-17,29H2,1-2H3,(H,32,35)/t18?,23-/m1/s1. The largest absolute Gasteiger partial charge is 0.383 e. The predicted molar refractivity (Wildman–Crippen MR) is 147 cm³/mol. The molecule has 1 fully saturated rings. The van der Waals surface area contributed by atoms with E-state index in [0.717, 1.165) is 16.9 Å². The molecule has 2 amide bonds. The molecule has 0 radical (unpaired) electrons.